The maximum atomic E-state index is 4.39. The van der Waals surface area contributed by atoms with Crippen LogP contribution >= 0.6 is 0 Å². The van der Waals surface area contributed by atoms with Crippen molar-refractivity contribution >= 4 is 0 Å². The molecule has 0 aliphatic rings. The number of aromatic nitrogens is 1. The van der Waals surface area contributed by atoms with Crippen LogP contribution in [0.3, 0.4) is 0 Å². The SMILES string of the molecule is CCCCCCc1ccccc1-c1ccncc1CCCCCC. The standard InChI is InChI=1S/C23H33N/c1-3-5-7-9-13-20-14-11-12-16-22(20)23-17-18-24-19-21(23)15-10-8-6-4-2/h11-12,14,16-19H,3-10,13,15H2,1-2H3. The van der Waals surface area contributed by atoms with Crippen LogP contribution in [0.5, 0.6) is 0 Å². The smallest absolute Gasteiger partial charge is 0.0306 e. The number of rotatable bonds is 11. The fourth-order valence-electron chi connectivity index (χ4n) is 3.37. The van der Waals surface area contributed by atoms with Crippen molar-refractivity contribution < 1.29 is 0 Å². The molecular formula is C23H33N. The fraction of sp³-hybridized carbons (Fsp3) is 0.522. The lowest BCUT2D eigenvalue weighted by Crippen LogP contribution is -1.96. The Hall–Kier alpha value is -1.63. The predicted octanol–water partition coefficient (Wildman–Crippen LogP) is 6.99. The van der Waals surface area contributed by atoms with Crippen molar-refractivity contribution in [2.24, 2.45) is 0 Å². The lowest BCUT2D eigenvalue weighted by molar-refractivity contribution is 0.665. The molecule has 0 unspecified atom stereocenters. The lowest BCUT2D eigenvalue weighted by Gasteiger charge is -2.14. The summed E-state index contributed by atoms with van der Waals surface area (Å²) in [4.78, 5) is 4.39. The molecule has 1 heteroatoms. The van der Waals surface area contributed by atoms with Gasteiger partial charge in [0, 0.05) is 12.4 Å². The van der Waals surface area contributed by atoms with Crippen molar-refractivity contribution in [2.75, 3.05) is 0 Å². The predicted molar refractivity (Wildman–Crippen MR) is 105 cm³/mol. The van der Waals surface area contributed by atoms with Gasteiger partial charge in [-0.1, -0.05) is 76.6 Å². The minimum Gasteiger partial charge on any atom is -0.264 e. The summed E-state index contributed by atoms with van der Waals surface area (Å²) < 4.78 is 0. The summed E-state index contributed by atoms with van der Waals surface area (Å²) in [7, 11) is 0. The van der Waals surface area contributed by atoms with Crippen LogP contribution in [-0.2, 0) is 12.8 Å². The van der Waals surface area contributed by atoms with Gasteiger partial charge in [0.2, 0.25) is 0 Å². The lowest BCUT2D eigenvalue weighted by atomic mass is 9.92. The van der Waals surface area contributed by atoms with E-state index < -0.39 is 0 Å². The minimum atomic E-state index is 1.15. The summed E-state index contributed by atoms with van der Waals surface area (Å²) in [5.41, 5.74) is 5.72. The van der Waals surface area contributed by atoms with E-state index in [4.69, 9.17) is 0 Å². The molecule has 0 aliphatic heterocycles. The van der Waals surface area contributed by atoms with Gasteiger partial charge in [-0.2, -0.15) is 0 Å². The molecular weight excluding hydrogens is 290 g/mol. The number of benzene rings is 1. The van der Waals surface area contributed by atoms with Gasteiger partial charge in [-0.3, -0.25) is 4.98 Å². The third kappa shape index (κ3) is 5.78. The second-order valence-corrected chi connectivity index (χ2v) is 6.81. The highest BCUT2D eigenvalue weighted by Crippen LogP contribution is 2.29. The van der Waals surface area contributed by atoms with E-state index in [9.17, 15) is 0 Å². The molecule has 24 heavy (non-hydrogen) atoms. The highest BCUT2D eigenvalue weighted by atomic mass is 14.6. The van der Waals surface area contributed by atoms with Crippen LogP contribution in [0.15, 0.2) is 42.7 Å². The first-order valence-electron chi connectivity index (χ1n) is 9.88. The second-order valence-electron chi connectivity index (χ2n) is 6.81. The number of hydrogen-bond donors (Lipinski definition) is 0. The molecule has 0 amide bonds. The Morgan fingerprint density at radius 2 is 1.29 bits per heavy atom. The van der Waals surface area contributed by atoms with Gasteiger partial charge in [-0.15, -0.1) is 0 Å². The molecule has 0 N–H and O–H groups in total. The van der Waals surface area contributed by atoms with Crippen molar-refractivity contribution in [3.63, 3.8) is 0 Å². The van der Waals surface area contributed by atoms with Crippen molar-refractivity contribution in [3.05, 3.63) is 53.9 Å². The van der Waals surface area contributed by atoms with Gasteiger partial charge in [0.1, 0.15) is 0 Å². The molecule has 0 spiro atoms. The average Bonchev–Trinajstić information content (AvgIpc) is 2.63. The quantitative estimate of drug-likeness (QED) is 0.406. The topological polar surface area (TPSA) is 12.9 Å². The number of pyridine rings is 1. The Kier molecular flexibility index (Phi) is 8.59. The first-order valence-corrected chi connectivity index (χ1v) is 9.88. The first kappa shape index (κ1) is 18.7. The summed E-state index contributed by atoms with van der Waals surface area (Å²) in [6, 6.07) is 11.2. The molecule has 130 valence electrons. The number of aryl methyl sites for hydroxylation is 2. The number of unbranched alkanes of at least 4 members (excludes halogenated alkanes) is 6. The minimum absolute atomic E-state index is 1.15. The highest BCUT2D eigenvalue weighted by molar-refractivity contribution is 5.70. The number of hydrogen-bond acceptors (Lipinski definition) is 1. The van der Waals surface area contributed by atoms with Crippen molar-refractivity contribution in [1.29, 1.82) is 0 Å². The van der Waals surface area contributed by atoms with E-state index in [1.54, 1.807) is 0 Å². The van der Waals surface area contributed by atoms with E-state index >= 15 is 0 Å². The van der Waals surface area contributed by atoms with Gasteiger partial charge < -0.3 is 0 Å². The molecule has 2 rings (SSSR count). The highest BCUT2D eigenvalue weighted by Gasteiger charge is 2.09. The van der Waals surface area contributed by atoms with Crippen LogP contribution in [-0.4, -0.2) is 4.98 Å². The first-order chi connectivity index (χ1) is 11.9. The van der Waals surface area contributed by atoms with Crippen molar-refractivity contribution in [3.8, 4) is 11.1 Å². The van der Waals surface area contributed by atoms with E-state index in [1.807, 2.05) is 6.20 Å². The molecule has 0 fully saturated rings. The molecule has 0 saturated heterocycles. The van der Waals surface area contributed by atoms with Gasteiger partial charge in [0.25, 0.3) is 0 Å². The van der Waals surface area contributed by atoms with Crippen LogP contribution in [0.1, 0.15) is 76.3 Å². The van der Waals surface area contributed by atoms with Crippen molar-refractivity contribution in [2.45, 2.75) is 78.1 Å². The Bertz CT molecular complexity index is 535. The van der Waals surface area contributed by atoms with Crippen molar-refractivity contribution in [1.82, 2.24) is 4.98 Å². The molecule has 1 aromatic heterocycles. The summed E-state index contributed by atoms with van der Waals surface area (Å²) in [5, 5.41) is 0. The Morgan fingerprint density at radius 1 is 0.667 bits per heavy atom. The molecule has 0 aliphatic carbocycles. The maximum absolute atomic E-state index is 4.39. The van der Waals surface area contributed by atoms with Crippen LogP contribution in [0.25, 0.3) is 11.1 Å². The molecule has 1 nitrogen and oxygen atoms in total. The molecule has 1 heterocycles. The fourth-order valence-corrected chi connectivity index (χ4v) is 3.37. The molecule has 0 atom stereocenters. The van der Waals surface area contributed by atoms with E-state index in [2.05, 4.69) is 55.4 Å². The zero-order valence-corrected chi connectivity index (χ0v) is 15.6. The van der Waals surface area contributed by atoms with Crippen LogP contribution in [0.2, 0.25) is 0 Å². The van der Waals surface area contributed by atoms with Gasteiger partial charge in [0.15, 0.2) is 0 Å². The van der Waals surface area contributed by atoms with Crippen LogP contribution in [0, 0.1) is 0 Å². The van der Waals surface area contributed by atoms with Crippen LogP contribution < -0.4 is 0 Å². The molecule has 2 aromatic rings. The van der Waals surface area contributed by atoms with E-state index in [0.717, 1.165) is 6.42 Å². The molecule has 0 radical (unpaired) electrons. The summed E-state index contributed by atoms with van der Waals surface area (Å²) in [6.45, 7) is 4.54. The van der Waals surface area contributed by atoms with Gasteiger partial charge >= 0.3 is 0 Å². The molecule has 0 bridgehead atoms. The van der Waals surface area contributed by atoms with E-state index in [-0.39, 0.29) is 0 Å². The second kappa shape index (κ2) is 11.0. The van der Waals surface area contributed by atoms with E-state index in [0.29, 0.717) is 0 Å². The van der Waals surface area contributed by atoms with Gasteiger partial charge in [-0.25, -0.2) is 0 Å². The third-order valence-electron chi connectivity index (χ3n) is 4.81. The van der Waals surface area contributed by atoms with Gasteiger partial charge in [0.05, 0.1) is 0 Å². The summed E-state index contributed by atoms with van der Waals surface area (Å²) in [6.07, 6.45) is 16.9. The average molecular weight is 324 g/mol. The molecule has 1 aromatic carbocycles. The normalized spacial score (nSPS) is 10.9. The molecule has 0 saturated carbocycles. The largest absolute Gasteiger partial charge is 0.264 e. The Balaban J connectivity index is 2.12. The Morgan fingerprint density at radius 3 is 2.00 bits per heavy atom. The zero-order valence-electron chi connectivity index (χ0n) is 15.6. The van der Waals surface area contributed by atoms with E-state index in [1.165, 1.54) is 80.0 Å². The number of nitrogens with zero attached hydrogens (tertiary/aromatic N) is 1. The Labute approximate surface area is 148 Å². The maximum Gasteiger partial charge on any atom is 0.0306 e. The van der Waals surface area contributed by atoms with Crippen LogP contribution in [0.4, 0.5) is 0 Å². The third-order valence-corrected chi connectivity index (χ3v) is 4.81. The zero-order chi connectivity index (χ0) is 17.0. The summed E-state index contributed by atoms with van der Waals surface area (Å²) in [5.74, 6) is 0. The summed E-state index contributed by atoms with van der Waals surface area (Å²) >= 11 is 0. The monoisotopic (exact) mass is 323 g/mol. The van der Waals surface area contributed by atoms with Gasteiger partial charge in [-0.05, 0) is 54.0 Å².